The third kappa shape index (κ3) is 3.36. The van der Waals surface area contributed by atoms with Crippen LogP contribution in [0.4, 0.5) is 5.69 Å². The minimum absolute atomic E-state index is 0.00436. The van der Waals surface area contributed by atoms with E-state index in [9.17, 15) is 8.42 Å². The normalized spacial score (nSPS) is 12.9. The molecule has 0 spiro atoms. The number of benzene rings is 1. The lowest BCUT2D eigenvalue weighted by Crippen LogP contribution is -2.10. The first-order valence-electron chi connectivity index (χ1n) is 6.36. The van der Waals surface area contributed by atoms with Crippen LogP contribution in [-0.2, 0) is 9.84 Å². The molecule has 1 atom stereocenters. The van der Waals surface area contributed by atoms with Crippen molar-refractivity contribution in [3.05, 3.63) is 53.9 Å². The number of hydrogen-bond acceptors (Lipinski definition) is 4. The van der Waals surface area contributed by atoms with Crippen LogP contribution in [-0.4, -0.2) is 19.7 Å². The van der Waals surface area contributed by atoms with Gasteiger partial charge >= 0.3 is 0 Å². The summed E-state index contributed by atoms with van der Waals surface area (Å²) in [6, 6.07) is 10.8. The predicted octanol–water partition coefficient (Wildman–Crippen LogP) is 2.97. The Morgan fingerprint density at radius 3 is 2.55 bits per heavy atom. The van der Waals surface area contributed by atoms with Crippen LogP contribution in [0.5, 0.6) is 0 Å². The molecule has 0 aliphatic carbocycles. The molecule has 0 radical (unpaired) electrons. The number of nitrogens with one attached hydrogen (secondary N) is 1. The molecule has 0 aliphatic rings. The van der Waals surface area contributed by atoms with Crippen molar-refractivity contribution in [1.29, 1.82) is 0 Å². The van der Waals surface area contributed by atoms with Gasteiger partial charge in [0.1, 0.15) is 0 Å². The molecule has 106 valence electrons. The fraction of sp³-hybridized carbons (Fsp3) is 0.267. The smallest absolute Gasteiger partial charge is 0.175 e. The monoisotopic (exact) mass is 290 g/mol. The van der Waals surface area contributed by atoms with Gasteiger partial charge in [-0.05, 0) is 43.7 Å². The van der Waals surface area contributed by atoms with E-state index in [-0.39, 0.29) is 6.04 Å². The average molecular weight is 290 g/mol. The molecular formula is C15H18N2O2S. The van der Waals surface area contributed by atoms with E-state index in [1.54, 1.807) is 18.3 Å². The van der Waals surface area contributed by atoms with E-state index >= 15 is 0 Å². The third-order valence-electron chi connectivity index (χ3n) is 3.14. The van der Waals surface area contributed by atoms with E-state index in [0.717, 1.165) is 16.9 Å². The van der Waals surface area contributed by atoms with Crippen molar-refractivity contribution in [2.24, 2.45) is 0 Å². The molecule has 1 N–H and O–H groups in total. The summed E-state index contributed by atoms with van der Waals surface area (Å²) in [7, 11) is -3.20. The number of aryl methyl sites for hydroxylation is 1. The summed E-state index contributed by atoms with van der Waals surface area (Å²) in [4.78, 5) is 4.61. The Kier molecular flexibility index (Phi) is 4.09. The molecule has 5 heteroatoms. The topological polar surface area (TPSA) is 59.1 Å². The molecule has 0 aliphatic heterocycles. The summed E-state index contributed by atoms with van der Waals surface area (Å²) in [5, 5.41) is 3.31. The van der Waals surface area contributed by atoms with Gasteiger partial charge in [0.15, 0.2) is 9.84 Å². The summed E-state index contributed by atoms with van der Waals surface area (Å²) in [5.74, 6) is 0. The van der Waals surface area contributed by atoms with Gasteiger partial charge in [0.2, 0.25) is 0 Å². The number of hydrogen-bond donors (Lipinski definition) is 1. The largest absolute Gasteiger partial charge is 0.377 e. The van der Waals surface area contributed by atoms with Crippen molar-refractivity contribution in [2.75, 3.05) is 11.6 Å². The highest BCUT2D eigenvalue weighted by Crippen LogP contribution is 2.24. The van der Waals surface area contributed by atoms with Crippen LogP contribution in [0.2, 0.25) is 0 Å². The number of pyridine rings is 1. The molecule has 2 rings (SSSR count). The minimum Gasteiger partial charge on any atom is -0.377 e. The molecule has 2 aromatic rings. The zero-order chi connectivity index (χ0) is 14.8. The Balaban J connectivity index is 2.30. The maximum Gasteiger partial charge on any atom is 0.175 e. The molecule has 0 saturated heterocycles. The highest BCUT2D eigenvalue weighted by Gasteiger charge is 2.12. The Hall–Kier alpha value is -1.88. The van der Waals surface area contributed by atoms with Crippen LogP contribution >= 0.6 is 0 Å². The maximum absolute atomic E-state index is 11.6. The zero-order valence-electron chi connectivity index (χ0n) is 11.8. The Morgan fingerprint density at radius 2 is 1.95 bits per heavy atom. The van der Waals surface area contributed by atoms with Gasteiger partial charge in [0.05, 0.1) is 16.6 Å². The molecule has 1 aromatic carbocycles. The van der Waals surface area contributed by atoms with E-state index in [2.05, 4.69) is 10.3 Å². The molecule has 0 fully saturated rings. The van der Waals surface area contributed by atoms with Crippen molar-refractivity contribution in [3.8, 4) is 0 Å². The van der Waals surface area contributed by atoms with Gasteiger partial charge < -0.3 is 5.32 Å². The van der Waals surface area contributed by atoms with Gasteiger partial charge in [0, 0.05) is 18.1 Å². The SMILES string of the molecule is Cc1ccc(S(C)(=O)=O)cc1NC(C)c1ccccn1. The Labute approximate surface area is 119 Å². The summed E-state index contributed by atoms with van der Waals surface area (Å²) >= 11 is 0. The molecule has 0 bridgehead atoms. The van der Waals surface area contributed by atoms with Gasteiger partial charge in [0.25, 0.3) is 0 Å². The number of anilines is 1. The van der Waals surface area contributed by atoms with Gasteiger partial charge in [-0.1, -0.05) is 12.1 Å². The third-order valence-corrected chi connectivity index (χ3v) is 4.25. The molecule has 1 heterocycles. The average Bonchev–Trinajstić information content (AvgIpc) is 2.41. The van der Waals surface area contributed by atoms with Crippen LogP contribution in [0.15, 0.2) is 47.5 Å². The van der Waals surface area contributed by atoms with Crippen LogP contribution in [0, 0.1) is 6.92 Å². The first-order valence-corrected chi connectivity index (χ1v) is 8.25. The number of sulfone groups is 1. The van der Waals surface area contributed by atoms with Gasteiger partial charge in [-0.25, -0.2) is 8.42 Å². The number of nitrogens with zero attached hydrogens (tertiary/aromatic N) is 1. The van der Waals surface area contributed by atoms with Crippen LogP contribution < -0.4 is 5.32 Å². The first kappa shape index (κ1) is 14.5. The van der Waals surface area contributed by atoms with Crippen molar-refractivity contribution in [1.82, 2.24) is 4.98 Å². The lowest BCUT2D eigenvalue weighted by molar-refractivity contribution is 0.602. The van der Waals surface area contributed by atoms with E-state index < -0.39 is 9.84 Å². The van der Waals surface area contributed by atoms with E-state index in [4.69, 9.17) is 0 Å². The van der Waals surface area contributed by atoms with Gasteiger partial charge in [-0.15, -0.1) is 0 Å². The first-order chi connectivity index (χ1) is 9.38. The van der Waals surface area contributed by atoms with Crippen molar-refractivity contribution in [3.63, 3.8) is 0 Å². The van der Waals surface area contributed by atoms with Crippen LogP contribution in [0.3, 0.4) is 0 Å². The van der Waals surface area contributed by atoms with Crippen molar-refractivity contribution in [2.45, 2.75) is 24.8 Å². The summed E-state index contributed by atoms with van der Waals surface area (Å²) < 4.78 is 23.2. The Bertz CT molecular complexity index is 697. The highest BCUT2D eigenvalue weighted by molar-refractivity contribution is 7.90. The lowest BCUT2D eigenvalue weighted by Gasteiger charge is -2.17. The van der Waals surface area contributed by atoms with Crippen molar-refractivity contribution < 1.29 is 8.42 Å². The molecule has 1 unspecified atom stereocenters. The summed E-state index contributed by atoms with van der Waals surface area (Å²) in [6.07, 6.45) is 2.96. The van der Waals surface area contributed by atoms with Crippen LogP contribution in [0.1, 0.15) is 24.2 Å². The van der Waals surface area contributed by atoms with E-state index in [1.165, 1.54) is 6.26 Å². The minimum atomic E-state index is -3.20. The molecule has 1 aromatic heterocycles. The molecule has 4 nitrogen and oxygen atoms in total. The lowest BCUT2D eigenvalue weighted by atomic mass is 10.1. The highest BCUT2D eigenvalue weighted by atomic mass is 32.2. The molecule has 20 heavy (non-hydrogen) atoms. The van der Waals surface area contributed by atoms with Gasteiger partial charge in [-0.2, -0.15) is 0 Å². The van der Waals surface area contributed by atoms with Crippen molar-refractivity contribution >= 4 is 15.5 Å². The second kappa shape index (κ2) is 5.63. The van der Waals surface area contributed by atoms with E-state index in [1.807, 2.05) is 38.1 Å². The fourth-order valence-electron chi connectivity index (χ4n) is 1.93. The molecular weight excluding hydrogens is 272 g/mol. The summed E-state index contributed by atoms with van der Waals surface area (Å²) in [5.41, 5.74) is 2.72. The molecule has 0 amide bonds. The number of aromatic nitrogens is 1. The second-order valence-corrected chi connectivity index (χ2v) is 6.89. The van der Waals surface area contributed by atoms with E-state index in [0.29, 0.717) is 4.90 Å². The van der Waals surface area contributed by atoms with Crippen LogP contribution in [0.25, 0.3) is 0 Å². The quantitative estimate of drug-likeness (QED) is 0.940. The number of rotatable bonds is 4. The molecule has 0 saturated carbocycles. The zero-order valence-corrected chi connectivity index (χ0v) is 12.6. The Morgan fingerprint density at radius 1 is 1.20 bits per heavy atom. The predicted molar refractivity (Wildman–Crippen MR) is 80.6 cm³/mol. The standard InChI is InChI=1S/C15H18N2O2S/c1-11-7-8-13(20(3,18)19)10-15(11)17-12(2)14-6-4-5-9-16-14/h4-10,12,17H,1-3H3. The summed E-state index contributed by atoms with van der Waals surface area (Å²) in [6.45, 7) is 3.94. The van der Waals surface area contributed by atoms with Gasteiger partial charge in [-0.3, -0.25) is 4.98 Å². The fourth-order valence-corrected chi connectivity index (χ4v) is 2.57. The second-order valence-electron chi connectivity index (χ2n) is 4.87. The maximum atomic E-state index is 11.6.